The van der Waals surface area contributed by atoms with Gasteiger partial charge in [0, 0.05) is 0 Å². The molecule has 0 aliphatic heterocycles. The molecule has 0 unspecified atom stereocenters. The average molecular weight is 450 g/mol. The molecule has 0 aliphatic rings. The van der Waals surface area contributed by atoms with Crippen molar-refractivity contribution in [2.75, 3.05) is 0 Å². The van der Waals surface area contributed by atoms with E-state index in [1.54, 1.807) is 12.4 Å². The summed E-state index contributed by atoms with van der Waals surface area (Å²) in [5.41, 5.74) is 3.23. The van der Waals surface area contributed by atoms with E-state index >= 15 is 0 Å². The predicted octanol–water partition coefficient (Wildman–Crippen LogP) is 6.96. The third-order valence-electron chi connectivity index (χ3n) is 5.49. The Balaban J connectivity index is 2.02. The van der Waals surface area contributed by atoms with Gasteiger partial charge in [-0.3, -0.25) is 0 Å². The maximum absolute atomic E-state index is 2.41. The number of aryl methyl sites for hydroxylation is 1. The third kappa shape index (κ3) is 2.27. The molecule has 1 aromatic heterocycles. The second-order valence-electron chi connectivity index (χ2n) is 8.31. The molecular weight excluding hydrogens is 428 g/mol. The van der Waals surface area contributed by atoms with Crippen LogP contribution < -0.4 is 0 Å². The van der Waals surface area contributed by atoms with E-state index in [2.05, 4.69) is 88.4 Å². The summed E-state index contributed by atoms with van der Waals surface area (Å²) < 4.78 is 3.27. The van der Waals surface area contributed by atoms with E-state index in [0.29, 0.717) is 0 Å². The predicted molar refractivity (Wildman–Crippen MR) is 117 cm³/mol. The molecule has 0 N–H and O–H groups in total. The van der Waals surface area contributed by atoms with Gasteiger partial charge in [0.2, 0.25) is 0 Å². The molecule has 0 amide bonds. The molecule has 26 heavy (non-hydrogen) atoms. The fraction of sp³-hybridized carbons (Fsp3) is 0.200. The van der Waals surface area contributed by atoms with E-state index in [1.807, 2.05) is 0 Å². The first-order valence-corrected chi connectivity index (χ1v) is 11.5. The van der Waals surface area contributed by atoms with Gasteiger partial charge in [0.15, 0.2) is 0 Å². The summed E-state index contributed by atoms with van der Waals surface area (Å²) in [6.45, 7) is 9.36. The number of benzene rings is 4. The van der Waals surface area contributed by atoms with Crippen LogP contribution in [0.3, 0.4) is 0 Å². The van der Waals surface area contributed by atoms with Crippen LogP contribution in [-0.4, -0.2) is 20.4 Å². The normalized spacial score (nSPS) is 12.6. The molecule has 4 aromatic carbocycles. The van der Waals surface area contributed by atoms with Gasteiger partial charge >= 0.3 is 164 Å². The summed E-state index contributed by atoms with van der Waals surface area (Å²) in [6, 6.07) is 22.9. The van der Waals surface area contributed by atoms with Crippen LogP contribution >= 0.6 is 0 Å². The number of hydrogen-bond donors (Lipinski definition) is 0. The van der Waals surface area contributed by atoms with Crippen LogP contribution in [0.1, 0.15) is 31.9 Å². The van der Waals surface area contributed by atoms with E-state index < -0.39 is 0 Å². The first-order valence-electron chi connectivity index (χ1n) is 9.22. The van der Waals surface area contributed by atoms with E-state index in [1.165, 1.54) is 37.9 Å². The Hall–Kier alpha value is -1.81. The quantitative estimate of drug-likeness (QED) is 0.177. The molecule has 0 radical (unpaired) electrons. The van der Waals surface area contributed by atoms with E-state index in [-0.39, 0.29) is 25.8 Å². The van der Waals surface area contributed by atoms with Gasteiger partial charge < -0.3 is 0 Å². The summed E-state index contributed by atoms with van der Waals surface area (Å²) in [5, 5.41) is 8.52. The van der Waals surface area contributed by atoms with Crippen molar-refractivity contribution < 1.29 is 0 Å². The Labute approximate surface area is 164 Å². The first kappa shape index (κ1) is 16.4. The summed E-state index contributed by atoms with van der Waals surface area (Å²) >= 11 is -0.335. The third-order valence-corrected chi connectivity index (χ3v) is 8.88. The molecule has 0 bridgehead atoms. The maximum atomic E-state index is 2.41. The van der Waals surface area contributed by atoms with Crippen LogP contribution in [0.5, 0.6) is 0 Å². The SMILES string of the molecule is Cc1ccc2c([te]c3ccc4c5ccccc5ccc4c32)c1C(C)(C)C. The molecule has 0 spiro atoms. The second kappa shape index (κ2) is 5.59. The second-order valence-corrected chi connectivity index (χ2v) is 11.3. The van der Waals surface area contributed by atoms with Gasteiger partial charge in [-0.2, -0.15) is 0 Å². The van der Waals surface area contributed by atoms with Crippen molar-refractivity contribution in [2.45, 2.75) is 33.1 Å². The van der Waals surface area contributed by atoms with Crippen molar-refractivity contribution in [3.05, 3.63) is 71.8 Å². The molecule has 128 valence electrons. The van der Waals surface area contributed by atoms with Gasteiger partial charge in [0.25, 0.3) is 0 Å². The molecule has 0 saturated carbocycles. The Bertz CT molecular complexity index is 1310. The topological polar surface area (TPSA) is 0 Å². The summed E-state index contributed by atoms with van der Waals surface area (Å²) in [5.74, 6) is 0. The minimum absolute atomic E-state index is 0.199. The van der Waals surface area contributed by atoms with E-state index in [9.17, 15) is 0 Å². The van der Waals surface area contributed by atoms with Crippen molar-refractivity contribution in [1.82, 2.24) is 0 Å². The summed E-state index contributed by atoms with van der Waals surface area (Å²) in [7, 11) is 0. The van der Waals surface area contributed by atoms with E-state index in [0.717, 1.165) is 0 Å². The van der Waals surface area contributed by atoms with Crippen LogP contribution in [0.25, 0.3) is 39.1 Å². The molecule has 5 rings (SSSR count). The van der Waals surface area contributed by atoms with Crippen molar-refractivity contribution in [3.63, 3.8) is 0 Å². The Morgan fingerprint density at radius 1 is 0.692 bits per heavy atom. The Morgan fingerprint density at radius 2 is 1.42 bits per heavy atom. The van der Waals surface area contributed by atoms with Gasteiger partial charge in [-0.1, -0.05) is 0 Å². The fourth-order valence-corrected chi connectivity index (χ4v) is 8.82. The van der Waals surface area contributed by atoms with Crippen LogP contribution in [-0.2, 0) is 5.41 Å². The van der Waals surface area contributed by atoms with Gasteiger partial charge in [-0.15, -0.1) is 0 Å². The van der Waals surface area contributed by atoms with Crippen LogP contribution in [0, 0.1) is 6.92 Å². The van der Waals surface area contributed by atoms with Crippen LogP contribution in [0.4, 0.5) is 0 Å². The summed E-state index contributed by atoms with van der Waals surface area (Å²) in [4.78, 5) is 0. The first-order chi connectivity index (χ1) is 12.4. The van der Waals surface area contributed by atoms with Crippen molar-refractivity contribution >= 4 is 59.6 Å². The Kier molecular flexibility index (Phi) is 3.52. The Morgan fingerprint density at radius 3 is 2.23 bits per heavy atom. The molecule has 0 fully saturated rings. The molecule has 0 atom stereocenters. The van der Waals surface area contributed by atoms with Gasteiger partial charge in [-0.05, 0) is 0 Å². The van der Waals surface area contributed by atoms with Gasteiger partial charge in [-0.25, -0.2) is 0 Å². The molecule has 1 heterocycles. The zero-order valence-electron chi connectivity index (χ0n) is 15.7. The van der Waals surface area contributed by atoms with Crippen molar-refractivity contribution in [3.8, 4) is 0 Å². The standard InChI is InChI=1S/C25H22Te/c1-15-9-11-20-22-19-12-10-16-7-5-6-8-17(16)18(19)13-14-21(22)26-24(20)23(15)25(2,3)4/h5-14H,1-4H3. The number of hydrogen-bond acceptors (Lipinski definition) is 0. The number of fused-ring (bicyclic) bond motifs is 7. The molecule has 0 nitrogen and oxygen atoms in total. The fourth-order valence-electron chi connectivity index (χ4n) is 4.46. The van der Waals surface area contributed by atoms with E-state index in [4.69, 9.17) is 0 Å². The minimum atomic E-state index is -0.335. The summed E-state index contributed by atoms with van der Waals surface area (Å²) in [6.07, 6.45) is 0. The molecule has 5 aromatic rings. The zero-order valence-corrected chi connectivity index (χ0v) is 18.0. The van der Waals surface area contributed by atoms with Crippen LogP contribution in [0.15, 0.2) is 60.7 Å². The van der Waals surface area contributed by atoms with Gasteiger partial charge in [0.05, 0.1) is 0 Å². The van der Waals surface area contributed by atoms with Crippen molar-refractivity contribution in [1.29, 1.82) is 0 Å². The monoisotopic (exact) mass is 452 g/mol. The molecule has 1 heteroatoms. The van der Waals surface area contributed by atoms with Crippen molar-refractivity contribution in [2.24, 2.45) is 0 Å². The number of rotatable bonds is 0. The van der Waals surface area contributed by atoms with Crippen LogP contribution in [0.2, 0.25) is 0 Å². The average Bonchev–Trinajstić information content (AvgIpc) is 2.98. The zero-order chi connectivity index (χ0) is 18.1. The van der Waals surface area contributed by atoms with Gasteiger partial charge in [0.1, 0.15) is 0 Å². The molecular formula is C25H22Te. The molecule has 0 aliphatic carbocycles. The molecule has 0 saturated heterocycles.